The van der Waals surface area contributed by atoms with Gasteiger partial charge in [0.25, 0.3) is 0 Å². The molecule has 0 aliphatic rings. The number of ether oxygens (including phenoxy) is 3. The van der Waals surface area contributed by atoms with Crippen molar-refractivity contribution in [3.05, 3.63) is 72.1 Å². The van der Waals surface area contributed by atoms with Gasteiger partial charge in [0.2, 0.25) is 0 Å². The number of halogens is 4. The van der Waals surface area contributed by atoms with Gasteiger partial charge in [-0.2, -0.15) is 27.8 Å². The summed E-state index contributed by atoms with van der Waals surface area (Å²) in [6, 6.07) is 13.4. The first-order valence-electron chi connectivity index (χ1n) is 10.4. The van der Waals surface area contributed by atoms with Gasteiger partial charge >= 0.3 is 19.2 Å². The Morgan fingerprint density at radius 3 is 2.23 bits per heavy atom. The number of carbonyl (C=O) groups is 1. The van der Waals surface area contributed by atoms with Crippen molar-refractivity contribution in [2.75, 3.05) is 4.90 Å². The summed E-state index contributed by atoms with van der Waals surface area (Å²) in [6.07, 6.45) is 1.49. The van der Waals surface area contributed by atoms with E-state index < -0.39 is 36.3 Å². The van der Waals surface area contributed by atoms with Crippen LogP contribution in [0.1, 0.15) is 36.8 Å². The zero-order chi connectivity index (χ0) is 25.6. The van der Waals surface area contributed by atoms with Gasteiger partial charge in [-0.15, -0.1) is 0 Å². The third-order valence-corrected chi connectivity index (χ3v) is 4.41. The van der Waals surface area contributed by atoms with Gasteiger partial charge < -0.3 is 19.1 Å². The zero-order valence-corrected chi connectivity index (χ0v) is 19.1. The number of anilines is 2. The van der Waals surface area contributed by atoms with Crippen LogP contribution in [0.5, 0.6) is 11.5 Å². The van der Waals surface area contributed by atoms with Gasteiger partial charge in [0.1, 0.15) is 5.60 Å². The molecule has 1 heterocycles. The maximum atomic E-state index is 13.0. The Labute approximate surface area is 199 Å². The summed E-state index contributed by atoms with van der Waals surface area (Å²) in [7, 11) is 0. The molecule has 0 atom stereocenters. The molecule has 0 N–H and O–H groups in total. The first-order valence-corrected chi connectivity index (χ1v) is 10.4. The number of hydrogen-bond donors (Lipinski definition) is 0. The van der Waals surface area contributed by atoms with E-state index in [-0.39, 0.29) is 17.8 Å². The number of nitrogens with zero attached hydrogens (tertiary/aromatic N) is 3. The van der Waals surface area contributed by atoms with Crippen LogP contribution in [-0.4, -0.2) is 35.0 Å². The number of hydrogen-bond acceptors (Lipinski definition) is 7. The highest BCUT2D eigenvalue weighted by molar-refractivity contribution is 5.91. The highest BCUT2D eigenvalue weighted by Crippen LogP contribution is 2.37. The number of benzene rings is 2. The van der Waals surface area contributed by atoms with Crippen molar-refractivity contribution in [3.8, 4) is 11.5 Å². The maximum Gasteiger partial charge on any atom is 0.387 e. The lowest BCUT2D eigenvalue weighted by molar-refractivity contribution is -0.0692. The molecule has 186 valence electrons. The average molecular weight is 493 g/mol. The highest BCUT2D eigenvalue weighted by atomic mass is 19.3. The molecule has 0 spiro atoms. The van der Waals surface area contributed by atoms with E-state index in [4.69, 9.17) is 4.74 Å². The number of alkyl halides is 4. The molecular weight excluding hydrogens is 470 g/mol. The molecule has 0 fully saturated rings. The fourth-order valence-electron chi connectivity index (χ4n) is 3.10. The van der Waals surface area contributed by atoms with Crippen molar-refractivity contribution in [2.45, 2.75) is 46.1 Å². The van der Waals surface area contributed by atoms with Crippen LogP contribution in [0.25, 0.3) is 0 Å². The summed E-state index contributed by atoms with van der Waals surface area (Å²) in [4.78, 5) is 14.2. The summed E-state index contributed by atoms with van der Waals surface area (Å²) in [5.74, 6) is -1.68. The minimum absolute atomic E-state index is 0.106. The summed E-state index contributed by atoms with van der Waals surface area (Å²) in [5, 5.41) is 7.88. The first kappa shape index (κ1) is 25.7. The Hall–Kier alpha value is -3.89. The quantitative estimate of drug-likeness (QED) is 0.268. The summed E-state index contributed by atoms with van der Waals surface area (Å²) < 4.78 is 65.6. The van der Waals surface area contributed by atoms with Gasteiger partial charge in [-0.1, -0.05) is 6.07 Å². The van der Waals surface area contributed by atoms with Crippen LogP contribution in [0.4, 0.5) is 28.9 Å². The van der Waals surface area contributed by atoms with Gasteiger partial charge in [-0.05, 0) is 63.2 Å². The number of aromatic nitrogens is 2. The van der Waals surface area contributed by atoms with Crippen LogP contribution in [0.3, 0.4) is 0 Å². The molecule has 1 aromatic heterocycles. The lowest BCUT2D eigenvalue weighted by Crippen LogP contribution is -2.24. The van der Waals surface area contributed by atoms with E-state index in [2.05, 4.69) is 19.7 Å². The Morgan fingerprint density at radius 2 is 1.60 bits per heavy atom. The normalized spacial score (nSPS) is 11.5. The van der Waals surface area contributed by atoms with Crippen molar-refractivity contribution in [2.24, 2.45) is 0 Å². The maximum absolute atomic E-state index is 13.0. The Kier molecular flexibility index (Phi) is 8.10. The molecule has 11 heteroatoms. The summed E-state index contributed by atoms with van der Waals surface area (Å²) >= 11 is 0. The summed E-state index contributed by atoms with van der Waals surface area (Å²) in [6.45, 7) is -1.18. The second-order valence-corrected chi connectivity index (χ2v) is 8.24. The second kappa shape index (κ2) is 11.0. The van der Waals surface area contributed by atoms with Crippen LogP contribution in [0.15, 0.2) is 60.8 Å². The third-order valence-electron chi connectivity index (χ3n) is 4.41. The largest absolute Gasteiger partial charge is 0.456 e. The van der Waals surface area contributed by atoms with E-state index in [9.17, 15) is 22.4 Å². The molecule has 0 aliphatic carbocycles. The fourth-order valence-corrected chi connectivity index (χ4v) is 3.10. The topological polar surface area (TPSA) is 73.8 Å². The van der Waals surface area contributed by atoms with Gasteiger partial charge in [-0.3, -0.25) is 0 Å². The van der Waals surface area contributed by atoms with E-state index in [1.54, 1.807) is 62.1 Å². The van der Waals surface area contributed by atoms with Crippen molar-refractivity contribution >= 4 is 17.3 Å². The summed E-state index contributed by atoms with van der Waals surface area (Å²) in [5.41, 5.74) is 0.815. The number of carbonyl (C=O) groups excluding carboxylic acids is 1. The Bertz CT molecular complexity index is 1140. The average Bonchev–Trinajstić information content (AvgIpc) is 2.78. The molecule has 0 saturated carbocycles. The molecule has 0 bridgehead atoms. The predicted octanol–water partition coefficient (Wildman–Crippen LogP) is 5.97. The number of rotatable bonds is 9. The standard InChI is InChI=1S/C24H23F4N3O4/c1-24(2,3)35-21(32)15-6-4-8-17(12-15)31(14-16-7-5-11-29-30-16)18-9-10-19(33-22(25)26)20(13-18)34-23(27)28/h4-13,22-23H,14H2,1-3H3. The molecule has 0 amide bonds. The monoisotopic (exact) mass is 493 g/mol. The minimum atomic E-state index is -3.27. The molecule has 0 aliphatic heterocycles. The third kappa shape index (κ3) is 7.56. The molecule has 2 aromatic carbocycles. The molecule has 35 heavy (non-hydrogen) atoms. The van der Waals surface area contributed by atoms with E-state index in [0.29, 0.717) is 11.4 Å². The van der Waals surface area contributed by atoms with Crippen molar-refractivity contribution in [1.82, 2.24) is 10.2 Å². The highest BCUT2D eigenvalue weighted by Gasteiger charge is 2.21. The smallest absolute Gasteiger partial charge is 0.387 e. The number of esters is 1. The van der Waals surface area contributed by atoms with Crippen LogP contribution >= 0.6 is 0 Å². The van der Waals surface area contributed by atoms with Crippen molar-refractivity contribution in [1.29, 1.82) is 0 Å². The van der Waals surface area contributed by atoms with Crippen LogP contribution in [0, 0.1) is 0 Å². The SMILES string of the molecule is CC(C)(C)OC(=O)c1cccc(N(Cc2cccnn2)c2ccc(OC(F)F)c(OC(F)F)c2)c1. The van der Waals surface area contributed by atoms with Gasteiger partial charge in [-0.25, -0.2) is 4.79 Å². The van der Waals surface area contributed by atoms with Gasteiger partial charge in [0, 0.05) is 23.6 Å². The minimum Gasteiger partial charge on any atom is -0.456 e. The van der Waals surface area contributed by atoms with Crippen LogP contribution in [0.2, 0.25) is 0 Å². The van der Waals surface area contributed by atoms with Gasteiger partial charge in [0.15, 0.2) is 11.5 Å². The molecule has 3 rings (SSSR count). The lowest BCUT2D eigenvalue weighted by Gasteiger charge is -2.26. The molecule has 0 unspecified atom stereocenters. The van der Waals surface area contributed by atoms with E-state index in [0.717, 1.165) is 12.1 Å². The fraction of sp³-hybridized carbons (Fsp3) is 0.292. The zero-order valence-electron chi connectivity index (χ0n) is 19.1. The van der Waals surface area contributed by atoms with E-state index >= 15 is 0 Å². The molecule has 7 nitrogen and oxygen atoms in total. The Balaban J connectivity index is 2.06. The van der Waals surface area contributed by atoms with Gasteiger partial charge in [0.05, 0.1) is 17.8 Å². The van der Waals surface area contributed by atoms with Crippen molar-refractivity contribution in [3.63, 3.8) is 0 Å². The predicted molar refractivity (Wildman–Crippen MR) is 119 cm³/mol. The van der Waals surface area contributed by atoms with E-state index in [1.807, 2.05) is 0 Å². The molecule has 0 radical (unpaired) electrons. The first-order chi connectivity index (χ1) is 16.5. The molecule has 3 aromatic rings. The molecule has 0 saturated heterocycles. The lowest BCUT2D eigenvalue weighted by atomic mass is 10.1. The van der Waals surface area contributed by atoms with E-state index in [1.165, 1.54) is 12.3 Å². The Morgan fingerprint density at radius 1 is 0.914 bits per heavy atom. The van der Waals surface area contributed by atoms with Crippen LogP contribution in [-0.2, 0) is 11.3 Å². The second-order valence-electron chi connectivity index (χ2n) is 8.24. The molecular formula is C24H23F4N3O4. The van der Waals surface area contributed by atoms with Crippen molar-refractivity contribution < 1.29 is 36.6 Å². The van der Waals surface area contributed by atoms with Crippen LogP contribution < -0.4 is 14.4 Å².